The van der Waals surface area contributed by atoms with Gasteiger partial charge in [-0.05, 0) is 25.0 Å². The van der Waals surface area contributed by atoms with Crippen LogP contribution in [-0.2, 0) is 27.2 Å². The zero-order valence-corrected chi connectivity index (χ0v) is 15.2. The standard InChI is InChI=1S/C15H17N3O2.C4H4O4/c1-20-14-5-3-2-4-12(14)18-15(19)10-6-7-11-13(8-10)17-9-16-11;5-3(6)1-2-4(7)8/h2-5,9-10H,6-8H2,1H3,(H,16,17)(H,18,19);1-2H,(H,5,6)(H,7,8)/b;2-1+. The highest BCUT2D eigenvalue weighted by Crippen LogP contribution is 2.27. The number of hydrogen-bond acceptors (Lipinski definition) is 5. The van der Waals surface area contributed by atoms with Gasteiger partial charge in [0.2, 0.25) is 5.91 Å². The first-order valence-electron chi connectivity index (χ1n) is 8.49. The van der Waals surface area contributed by atoms with E-state index in [-0.39, 0.29) is 11.8 Å². The van der Waals surface area contributed by atoms with Crippen molar-refractivity contribution in [3.63, 3.8) is 0 Å². The Kier molecular flexibility index (Phi) is 7.32. The predicted octanol–water partition coefficient (Wildman–Crippen LogP) is 1.87. The minimum atomic E-state index is -1.26. The third-order valence-electron chi connectivity index (χ3n) is 4.09. The summed E-state index contributed by atoms with van der Waals surface area (Å²) < 4.78 is 5.25. The number of amides is 1. The maximum Gasteiger partial charge on any atom is 0.328 e. The van der Waals surface area contributed by atoms with Gasteiger partial charge in [-0.15, -0.1) is 0 Å². The molecule has 3 rings (SSSR count). The van der Waals surface area contributed by atoms with Crippen molar-refractivity contribution in [2.45, 2.75) is 19.3 Å². The van der Waals surface area contributed by atoms with Crippen LogP contribution in [0, 0.1) is 5.92 Å². The maximum absolute atomic E-state index is 12.4. The van der Waals surface area contributed by atoms with Gasteiger partial charge in [-0.1, -0.05) is 12.1 Å². The number of carboxylic acid groups (broad SMARTS) is 2. The number of para-hydroxylation sites is 2. The molecule has 0 spiro atoms. The molecular formula is C19H21N3O6. The van der Waals surface area contributed by atoms with E-state index >= 15 is 0 Å². The van der Waals surface area contributed by atoms with Gasteiger partial charge in [0.15, 0.2) is 0 Å². The summed E-state index contributed by atoms with van der Waals surface area (Å²) in [5.41, 5.74) is 2.89. The number of imidazole rings is 1. The van der Waals surface area contributed by atoms with Gasteiger partial charge in [-0.2, -0.15) is 0 Å². The molecule has 4 N–H and O–H groups in total. The van der Waals surface area contributed by atoms with Crippen molar-refractivity contribution >= 4 is 23.5 Å². The van der Waals surface area contributed by atoms with E-state index in [1.54, 1.807) is 13.4 Å². The Morgan fingerprint density at radius 1 is 1.21 bits per heavy atom. The SMILES string of the molecule is COc1ccccc1NC(=O)C1CCc2nc[nH]c2C1.O=C(O)/C=C/C(=O)O. The lowest BCUT2D eigenvalue weighted by Gasteiger charge is -2.21. The fourth-order valence-electron chi connectivity index (χ4n) is 2.75. The summed E-state index contributed by atoms with van der Waals surface area (Å²) in [5.74, 6) is -1.82. The molecular weight excluding hydrogens is 366 g/mol. The van der Waals surface area contributed by atoms with Gasteiger partial charge in [-0.3, -0.25) is 4.79 Å². The Morgan fingerprint density at radius 3 is 2.54 bits per heavy atom. The second kappa shape index (κ2) is 9.91. The Bertz CT molecular complexity index is 858. The number of ether oxygens (including phenoxy) is 1. The van der Waals surface area contributed by atoms with Crippen molar-refractivity contribution in [1.82, 2.24) is 9.97 Å². The molecule has 9 nitrogen and oxygen atoms in total. The van der Waals surface area contributed by atoms with E-state index in [2.05, 4.69) is 15.3 Å². The van der Waals surface area contributed by atoms with Crippen molar-refractivity contribution < 1.29 is 29.3 Å². The number of carboxylic acids is 2. The van der Waals surface area contributed by atoms with Crippen LogP contribution in [0.15, 0.2) is 42.7 Å². The van der Waals surface area contributed by atoms with Crippen molar-refractivity contribution in [2.75, 3.05) is 12.4 Å². The van der Waals surface area contributed by atoms with Crippen molar-refractivity contribution in [3.05, 3.63) is 54.1 Å². The molecule has 28 heavy (non-hydrogen) atoms. The van der Waals surface area contributed by atoms with Gasteiger partial charge >= 0.3 is 11.9 Å². The number of fused-ring (bicyclic) bond motifs is 1. The molecule has 0 saturated carbocycles. The minimum Gasteiger partial charge on any atom is -0.495 e. The number of rotatable bonds is 5. The number of aromatic amines is 1. The van der Waals surface area contributed by atoms with Gasteiger partial charge in [0.25, 0.3) is 0 Å². The fourth-order valence-corrected chi connectivity index (χ4v) is 2.75. The van der Waals surface area contributed by atoms with E-state index in [0.717, 1.165) is 36.3 Å². The number of methoxy groups -OCH3 is 1. The van der Waals surface area contributed by atoms with Crippen molar-refractivity contribution in [3.8, 4) is 5.75 Å². The van der Waals surface area contributed by atoms with Crippen molar-refractivity contribution in [1.29, 1.82) is 0 Å². The average molecular weight is 387 g/mol. The average Bonchev–Trinajstić information content (AvgIpc) is 3.15. The van der Waals surface area contributed by atoms with Crippen LogP contribution in [0.2, 0.25) is 0 Å². The van der Waals surface area contributed by atoms with Gasteiger partial charge in [0.1, 0.15) is 5.75 Å². The summed E-state index contributed by atoms with van der Waals surface area (Å²) in [7, 11) is 1.60. The van der Waals surface area contributed by atoms with E-state index in [1.807, 2.05) is 24.3 Å². The number of benzene rings is 1. The van der Waals surface area contributed by atoms with Crippen LogP contribution in [0.4, 0.5) is 5.69 Å². The molecule has 2 aromatic rings. The van der Waals surface area contributed by atoms with E-state index < -0.39 is 11.9 Å². The molecule has 1 amide bonds. The molecule has 9 heteroatoms. The number of aliphatic carboxylic acids is 2. The van der Waals surface area contributed by atoms with Crippen molar-refractivity contribution in [2.24, 2.45) is 5.92 Å². The minimum absolute atomic E-state index is 0.0205. The summed E-state index contributed by atoms with van der Waals surface area (Å²) in [6.07, 6.45) is 5.22. The molecule has 1 aromatic carbocycles. The number of aryl methyl sites for hydroxylation is 1. The molecule has 0 fully saturated rings. The zero-order valence-electron chi connectivity index (χ0n) is 15.2. The highest BCUT2D eigenvalue weighted by atomic mass is 16.5. The molecule has 0 aliphatic heterocycles. The molecule has 0 bridgehead atoms. The molecule has 1 heterocycles. The first kappa shape index (κ1) is 20.7. The van der Waals surface area contributed by atoms with Crippen LogP contribution in [0.3, 0.4) is 0 Å². The van der Waals surface area contributed by atoms with E-state index in [9.17, 15) is 14.4 Å². The number of aromatic nitrogens is 2. The van der Waals surface area contributed by atoms with Crippen LogP contribution >= 0.6 is 0 Å². The first-order chi connectivity index (χ1) is 13.4. The van der Waals surface area contributed by atoms with E-state index in [4.69, 9.17) is 14.9 Å². The second-order valence-electron chi connectivity index (χ2n) is 5.97. The van der Waals surface area contributed by atoms with Crippen LogP contribution in [-0.4, -0.2) is 45.1 Å². The van der Waals surface area contributed by atoms with Gasteiger partial charge in [0.05, 0.1) is 24.8 Å². The molecule has 0 saturated heterocycles. The largest absolute Gasteiger partial charge is 0.495 e. The predicted molar refractivity (Wildman–Crippen MR) is 100 cm³/mol. The van der Waals surface area contributed by atoms with Gasteiger partial charge < -0.3 is 25.3 Å². The Morgan fingerprint density at radius 2 is 1.89 bits per heavy atom. The number of nitrogens with zero attached hydrogens (tertiary/aromatic N) is 1. The lowest BCUT2D eigenvalue weighted by atomic mass is 9.89. The van der Waals surface area contributed by atoms with Gasteiger partial charge in [-0.25, -0.2) is 14.6 Å². The number of anilines is 1. The monoisotopic (exact) mass is 387 g/mol. The first-order valence-corrected chi connectivity index (χ1v) is 8.49. The summed E-state index contributed by atoms with van der Waals surface area (Å²) in [5, 5.41) is 18.6. The van der Waals surface area contributed by atoms with Crippen LogP contribution in [0.1, 0.15) is 17.8 Å². The summed E-state index contributed by atoms with van der Waals surface area (Å²) in [4.78, 5) is 38.8. The molecule has 1 aliphatic carbocycles. The topological polar surface area (TPSA) is 142 Å². The highest BCUT2D eigenvalue weighted by molar-refractivity contribution is 5.94. The number of H-pyrrole nitrogens is 1. The molecule has 1 atom stereocenters. The third-order valence-corrected chi connectivity index (χ3v) is 4.09. The fraction of sp³-hybridized carbons (Fsp3) is 0.263. The Labute approximate surface area is 161 Å². The van der Waals surface area contributed by atoms with E-state index in [1.165, 1.54) is 0 Å². The number of carbonyl (C=O) groups excluding carboxylic acids is 1. The normalized spacial score (nSPS) is 15.1. The maximum atomic E-state index is 12.4. The van der Waals surface area contributed by atoms with Crippen LogP contribution in [0.25, 0.3) is 0 Å². The van der Waals surface area contributed by atoms with Crippen LogP contribution < -0.4 is 10.1 Å². The summed E-state index contributed by atoms with van der Waals surface area (Å²) in [6, 6.07) is 7.45. The summed E-state index contributed by atoms with van der Waals surface area (Å²) in [6.45, 7) is 0. The third kappa shape index (κ3) is 5.97. The molecule has 1 aromatic heterocycles. The Balaban J connectivity index is 0.000000300. The Hall–Kier alpha value is -3.62. The lowest BCUT2D eigenvalue weighted by Crippen LogP contribution is -2.28. The smallest absolute Gasteiger partial charge is 0.328 e. The van der Waals surface area contributed by atoms with E-state index in [0.29, 0.717) is 17.9 Å². The number of nitrogens with one attached hydrogen (secondary N) is 2. The molecule has 0 radical (unpaired) electrons. The highest BCUT2D eigenvalue weighted by Gasteiger charge is 2.26. The number of hydrogen-bond donors (Lipinski definition) is 4. The molecule has 1 unspecified atom stereocenters. The summed E-state index contributed by atoms with van der Waals surface area (Å²) >= 11 is 0. The number of carbonyl (C=O) groups is 3. The lowest BCUT2D eigenvalue weighted by molar-refractivity contribution is -0.134. The van der Waals surface area contributed by atoms with Gasteiger partial charge in [0, 0.05) is 30.2 Å². The van der Waals surface area contributed by atoms with Crippen LogP contribution in [0.5, 0.6) is 5.75 Å². The molecule has 1 aliphatic rings. The zero-order chi connectivity index (χ0) is 20.5. The quantitative estimate of drug-likeness (QED) is 0.574. The second-order valence-corrected chi connectivity index (χ2v) is 5.97. The molecule has 148 valence electrons.